The third kappa shape index (κ3) is 6.35. The molecule has 3 aromatic rings. The first kappa shape index (κ1) is 29.2. The average Bonchev–Trinajstić information content (AvgIpc) is 3.48. The third-order valence-electron chi connectivity index (χ3n) is 7.67. The van der Waals surface area contributed by atoms with Gasteiger partial charge in [0, 0.05) is 24.7 Å². The number of ether oxygens (including phenoxy) is 2. The van der Waals surface area contributed by atoms with Crippen molar-refractivity contribution >= 4 is 17.5 Å². The zero-order valence-corrected chi connectivity index (χ0v) is 24.4. The van der Waals surface area contributed by atoms with Crippen molar-refractivity contribution in [1.82, 2.24) is 9.47 Å². The molecule has 0 spiro atoms. The molecule has 1 aromatic heterocycles. The van der Waals surface area contributed by atoms with Crippen LogP contribution in [0.2, 0.25) is 0 Å². The van der Waals surface area contributed by atoms with Crippen molar-refractivity contribution in [1.29, 1.82) is 0 Å². The smallest absolute Gasteiger partial charge is 0.247 e. The SMILES string of the molecule is CCCCCCCC(=O)N(CCCC)CC(=O)N1c2ccccc2-n2cccc2C1c1cc(OC)ccc1OC. The Labute approximate surface area is 238 Å². The van der Waals surface area contributed by atoms with Crippen molar-refractivity contribution in [3.8, 4) is 17.2 Å². The van der Waals surface area contributed by atoms with Crippen LogP contribution < -0.4 is 14.4 Å². The van der Waals surface area contributed by atoms with E-state index < -0.39 is 6.04 Å². The zero-order valence-electron chi connectivity index (χ0n) is 24.4. The fourth-order valence-corrected chi connectivity index (χ4v) is 5.53. The molecule has 0 fully saturated rings. The number of hydrogen-bond donors (Lipinski definition) is 0. The van der Waals surface area contributed by atoms with Gasteiger partial charge in [0.1, 0.15) is 24.1 Å². The lowest BCUT2D eigenvalue weighted by molar-refractivity contribution is -0.135. The lowest BCUT2D eigenvalue weighted by Gasteiger charge is -2.40. The van der Waals surface area contributed by atoms with E-state index in [2.05, 4.69) is 18.4 Å². The normalized spacial score (nSPS) is 13.9. The highest BCUT2D eigenvalue weighted by Crippen LogP contribution is 2.45. The van der Waals surface area contributed by atoms with Crippen molar-refractivity contribution in [2.24, 2.45) is 0 Å². The summed E-state index contributed by atoms with van der Waals surface area (Å²) in [5.41, 5.74) is 3.50. The second kappa shape index (κ2) is 14.1. The number of carbonyl (C=O) groups is 2. The summed E-state index contributed by atoms with van der Waals surface area (Å²) in [6.07, 6.45) is 9.73. The zero-order chi connectivity index (χ0) is 28.5. The summed E-state index contributed by atoms with van der Waals surface area (Å²) in [7, 11) is 3.27. The highest BCUT2D eigenvalue weighted by molar-refractivity contribution is 6.00. The van der Waals surface area contributed by atoms with Crippen LogP contribution in [-0.4, -0.2) is 48.6 Å². The summed E-state index contributed by atoms with van der Waals surface area (Å²) in [5.74, 6) is 1.29. The van der Waals surface area contributed by atoms with Crippen molar-refractivity contribution in [2.45, 2.75) is 71.3 Å². The van der Waals surface area contributed by atoms with Crippen molar-refractivity contribution in [3.05, 3.63) is 72.1 Å². The van der Waals surface area contributed by atoms with Crippen LogP contribution >= 0.6 is 0 Å². The molecule has 1 aliphatic rings. The van der Waals surface area contributed by atoms with Crippen LogP contribution in [0.25, 0.3) is 5.69 Å². The molecule has 7 heteroatoms. The summed E-state index contributed by atoms with van der Waals surface area (Å²) < 4.78 is 13.5. The van der Waals surface area contributed by atoms with E-state index in [0.717, 1.165) is 54.7 Å². The molecule has 1 aliphatic heterocycles. The van der Waals surface area contributed by atoms with E-state index in [9.17, 15) is 9.59 Å². The van der Waals surface area contributed by atoms with Crippen LogP contribution in [0.5, 0.6) is 11.5 Å². The molecule has 2 aromatic carbocycles. The molecular weight excluding hydrogens is 502 g/mol. The number of aromatic nitrogens is 1. The average molecular weight is 546 g/mol. The van der Waals surface area contributed by atoms with Crippen molar-refractivity contribution < 1.29 is 19.1 Å². The van der Waals surface area contributed by atoms with Crippen molar-refractivity contribution in [3.63, 3.8) is 0 Å². The van der Waals surface area contributed by atoms with E-state index in [1.807, 2.05) is 65.7 Å². The van der Waals surface area contributed by atoms with Gasteiger partial charge in [0.05, 0.1) is 31.3 Å². The van der Waals surface area contributed by atoms with Crippen LogP contribution in [0, 0.1) is 0 Å². The van der Waals surface area contributed by atoms with Gasteiger partial charge in [0.25, 0.3) is 0 Å². The van der Waals surface area contributed by atoms with Gasteiger partial charge >= 0.3 is 0 Å². The predicted molar refractivity (Wildman–Crippen MR) is 160 cm³/mol. The molecule has 2 amide bonds. The van der Waals surface area contributed by atoms with E-state index in [0.29, 0.717) is 24.5 Å². The number of nitrogens with zero attached hydrogens (tertiary/aromatic N) is 3. The Morgan fingerprint density at radius 2 is 1.60 bits per heavy atom. The number of hydrogen-bond acceptors (Lipinski definition) is 4. The van der Waals surface area contributed by atoms with Gasteiger partial charge in [0.15, 0.2) is 0 Å². The van der Waals surface area contributed by atoms with E-state index in [-0.39, 0.29) is 18.4 Å². The topological polar surface area (TPSA) is 64.0 Å². The largest absolute Gasteiger partial charge is 0.497 e. The van der Waals surface area contributed by atoms with Crippen molar-refractivity contribution in [2.75, 3.05) is 32.2 Å². The number of methoxy groups -OCH3 is 2. The highest BCUT2D eigenvalue weighted by atomic mass is 16.5. The number of para-hydroxylation sites is 2. The van der Waals surface area contributed by atoms with E-state index >= 15 is 0 Å². The molecular formula is C33H43N3O4. The summed E-state index contributed by atoms with van der Waals surface area (Å²) >= 11 is 0. The fourth-order valence-electron chi connectivity index (χ4n) is 5.53. The molecule has 7 nitrogen and oxygen atoms in total. The maximum Gasteiger partial charge on any atom is 0.247 e. The number of fused-ring (bicyclic) bond motifs is 3. The summed E-state index contributed by atoms with van der Waals surface area (Å²) in [5, 5.41) is 0. The van der Waals surface area contributed by atoms with Crippen LogP contribution in [-0.2, 0) is 9.59 Å². The van der Waals surface area contributed by atoms with Crippen LogP contribution in [0.4, 0.5) is 5.69 Å². The van der Waals surface area contributed by atoms with Gasteiger partial charge < -0.3 is 18.9 Å². The number of rotatable bonds is 14. The number of unbranched alkanes of at least 4 members (excludes halogenated alkanes) is 5. The minimum absolute atomic E-state index is 0.0334. The molecule has 1 unspecified atom stereocenters. The molecule has 40 heavy (non-hydrogen) atoms. The first-order chi connectivity index (χ1) is 19.5. The molecule has 4 rings (SSSR count). The van der Waals surface area contributed by atoms with Crippen LogP contribution in [0.3, 0.4) is 0 Å². The monoisotopic (exact) mass is 545 g/mol. The Bertz CT molecular complexity index is 1280. The Hall–Kier alpha value is -3.74. The minimum Gasteiger partial charge on any atom is -0.497 e. The number of anilines is 1. The quantitative estimate of drug-likeness (QED) is 0.206. The maximum atomic E-state index is 14.4. The first-order valence-corrected chi connectivity index (χ1v) is 14.6. The fraction of sp³-hybridized carbons (Fsp3) is 0.455. The lowest BCUT2D eigenvalue weighted by Crippen LogP contribution is -2.47. The lowest BCUT2D eigenvalue weighted by atomic mass is 9.96. The number of amides is 2. The van der Waals surface area contributed by atoms with Crippen LogP contribution in [0.15, 0.2) is 60.8 Å². The standard InChI is InChI=1S/C33H43N3O4/c1-5-7-9-10-11-18-31(37)34(21-8-6-2)24-32(38)36-28-16-13-12-15-27(28)35-22-14-17-29(35)33(36)26-23-25(39-3)19-20-30(26)40-4/h12-17,19-20,22-23,33H,5-11,18,21,24H2,1-4H3. The Morgan fingerprint density at radius 3 is 2.33 bits per heavy atom. The molecule has 0 saturated carbocycles. The first-order valence-electron chi connectivity index (χ1n) is 14.6. The number of benzene rings is 2. The van der Waals surface area contributed by atoms with E-state index in [1.165, 1.54) is 12.8 Å². The van der Waals surface area contributed by atoms with Gasteiger partial charge in [-0.2, -0.15) is 0 Å². The Balaban J connectivity index is 1.71. The van der Waals surface area contributed by atoms with E-state index in [1.54, 1.807) is 19.1 Å². The van der Waals surface area contributed by atoms with Gasteiger partial charge in [-0.1, -0.05) is 58.1 Å². The van der Waals surface area contributed by atoms with Gasteiger partial charge in [-0.15, -0.1) is 0 Å². The second-order valence-electron chi connectivity index (χ2n) is 10.4. The molecule has 214 valence electrons. The summed E-state index contributed by atoms with van der Waals surface area (Å²) in [6.45, 7) is 4.91. The summed E-state index contributed by atoms with van der Waals surface area (Å²) in [4.78, 5) is 31.3. The predicted octanol–water partition coefficient (Wildman–Crippen LogP) is 6.92. The highest BCUT2D eigenvalue weighted by Gasteiger charge is 2.38. The maximum absolute atomic E-state index is 14.4. The molecule has 0 saturated heterocycles. The Kier molecular flexibility index (Phi) is 10.3. The number of carbonyl (C=O) groups excluding carboxylic acids is 2. The minimum atomic E-state index is -0.459. The molecule has 0 aliphatic carbocycles. The molecule has 2 heterocycles. The van der Waals surface area contributed by atoms with Gasteiger partial charge in [0.2, 0.25) is 11.8 Å². The van der Waals surface area contributed by atoms with Gasteiger partial charge in [-0.05, 0) is 55.3 Å². The molecule has 0 N–H and O–H groups in total. The van der Waals surface area contributed by atoms with Crippen LogP contribution in [0.1, 0.15) is 82.5 Å². The van der Waals surface area contributed by atoms with E-state index in [4.69, 9.17) is 9.47 Å². The van der Waals surface area contributed by atoms with Gasteiger partial charge in [-0.25, -0.2) is 0 Å². The molecule has 0 bridgehead atoms. The van der Waals surface area contributed by atoms with Gasteiger partial charge in [-0.3, -0.25) is 14.5 Å². The summed E-state index contributed by atoms with van der Waals surface area (Å²) in [6, 6.07) is 17.2. The second-order valence-corrected chi connectivity index (χ2v) is 10.4. The Morgan fingerprint density at radius 1 is 0.850 bits per heavy atom. The third-order valence-corrected chi connectivity index (χ3v) is 7.67. The molecule has 0 radical (unpaired) electrons. The molecule has 1 atom stereocenters.